The first-order valence-corrected chi connectivity index (χ1v) is 7.63. The Morgan fingerprint density at radius 2 is 2.09 bits per heavy atom. The second-order valence-electron chi connectivity index (χ2n) is 5.76. The first-order valence-electron chi connectivity index (χ1n) is 7.63. The molecule has 1 amide bonds. The zero-order valence-electron chi connectivity index (χ0n) is 12.7. The largest absolute Gasteiger partial charge is 0.341 e. The second-order valence-corrected chi connectivity index (χ2v) is 5.76. The third-order valence-electron chi connectivity index (χ3n) is 4.11. The molecule has 1 aromatic heterocycles. The summed E-state index contributed by atoms with van der Waals surface area (Å²) in [6.07, 6.45) is 2.08. The van der Waals surface area contributed by atoms with Crippen molar-refractivity contribution in [1.29, 1.82) is 0 Å². The third kappa shape index (κ3) is 3.47. The van der Waals surface area contributed by atoms with Crippen LogP contribution < -0.4 is 5.56 Å². The van der Waals surface area contributed by atoms with Gasteiger partial charge in [-0.1, -0.05) is 30.3 Å². The highest BCUT2D eigenvalue weighted by Crippen LogP contribution is 2.17. The minimum absolute atomic E-state index is 0.0556. The summed E-state index contributed by atoms with van der Waals surface area (Å²) in [6, 6.07) is 10.8. The Kier molecular flexibility index (Phi) is 4.50. The minimum atomic E-state index is -0.406. The number of rotatable bonds is 4. The van der Waals surface area contributed by atoms with Crippen LogP contribution in [0.4, 0.5) is 4.39 Å². The molecule has 120 valence electrons. The number of carbonyl (C=O) groups excluding carboxylic acids is 1. The number of hydrogen-bond donors (Lipinski definition) is 0. The van der Waals surface area contributed by atoms with Gasteiger partial charge in [-0.2, -0.15) is 0 Å². The van der Waals surface area contributed by atoms with Gasteiger partial charge in [0, 0.05) is 30.6 Å². The molecular weight excluding hydrogens is 297 g/mol. The van der Waals surface area contributed by atoms with E-state index in [0.717, 1.165) is 5.56 Å². The molecule has 3 rings (SSSR count). The lowest BCUT2D eigenvalue weighted by atomic mass is 10.1. The summed E-state index contributed by atoms with van der Waals surface area (Å²) in [7, 11) is 0. The molecule has 0 saturated carbocycles. The van der Waals surface area contributed by atoms with Gasteiger partial charge in [0.25, 0.3) is 5.56 Å². The number of carbonyl (C=O) groups is 1. The predicted molar refractivity (Wildman–Crippen MR) is 84.6 cm³/mol. The van der Waals surface area contributed by atoms with E-state index in [1.165, 1.54) is 17.0 Å². The molecule has 0 radical (unpaired) electrons. The number of likely N-dealkylation sites (tertiary alicyclic amines) is 1. The Balaban J connectivity index is 1.72. The van der Waals surface area contributed by atoms with Crippen molar-refractivity contribution >= 4 is 5.91 Å². The van der Waals surface area contributed by atoms with Crippen LogP contribution >= 0.6 is 0 Å². The number of amides is 1. The molecule has 1 aromatic carbocycles. The van der Waals surface area contributed by atoms with Gasteiger partial charge in [0.05, 0.1) is 18.7 Å². The average Bonchev–Trinajstić information content (AvgIpc) is 3.07. The molecule has 1 atom stereocenters. The van der Waals surface area contributed by atoms with Crippen molar-refractivity contribution in [3.05, 3.63) is 53.1 Å². The molecular formula is C17H18FN3O2. The van der Waals surface area contributed by atoms with E-state index in [1.54, 1.807) is 4.90 Å². The highest BCUT2D eigenvalue weighted by Gasteiger charge is 2.26. The number of hydrogen-bond acceptors (Lipinski definition) is 3. The van der Waals surface area contributed by atoms with Gasteiger partial charge >= 0.3 is 0 Å². The Hall–Kier alpha value is -2.50. The number of aromatic nitrogens is 2. The lowest BCUT2D eigenvalue weighted by Gasteiger charge is -2.16. The number of nitrogens with zero attached hydrogens (tertiary/aromatic N) is 3. The summed E-state index contributed by atoms with van der Waals surface area (Å²) in [5.74, 6) is -0.244. The SMILES string of the molecule is O=C(Cn1cnc(-c2ccccc2)cc1=O)N1CCC(CF)C1. The van der Waals surface area contributed by atoms with Crippen LogP contribution in [-0.4, -0.2) is 40.1 Å². The monoisotopic (exact) mass is 315 g/mol. The van der Waals surface area contributed by atoms with E-state index in [1.807, 2.05) is 30.3 Å². The lowest BCUT2D eigenvalue weighted by molar-refractivity contribution is -0.131. The fourth-order valence-electron chi connectivity index (χ4n) is 2.74. The van der Waals surface area contributed by atoms with Crippen LogP contribution in [0.5, 0.6) is 0 Å². The molecule has 2 aromatic rings. The number of benzene rings is 1. The molecule has 1 aliphatic heterocycles. The van der Waals surface area contributed by atoms with Crippen molar-refractivity contribution in [1.82, 2.24) is 14.5 Å². The van der Waals surface area contributed by atoms with E-state index >= 15 is 0 Å². The summed E-state index contributed by atoms with van der Waals surface area (Å²) in [5.41, 5.74) is 1.17. The van der Waals surface area contributed by atoms with Crippen molar-refractivity contribution in [2.75, 3.05) is 19.8 Å². The smallest absolute Gasteiger partial charge is 0.254 e. The Labute approximate surface area is 133 Å². The first kappa shape index (κ1) is 15.4. The highest BCUT2D eigenvalue weighted by molar-refractivity contribution is 5.76. The summed E-state index contributed by atoms with van der Waals surface area (Å²) < 4.78 is 13.9. The maximum absolute atomic E-state index is 12.6. The van der Waals surface area contributed by atoms with E-state index < -0.39 is 6.67 Å². The quantitative estimate of drug-likeness (QED) is 0.863. The molecule has 2 heterocycles. The van der Waals surface area contributed by atoms with E-state index in [4.69, 9.17) is 0 Å². The minimum Gasteiger partial charge on any atom is -0.341 e. The molecule has 0 bridgehead atoms. The second kappa shape index (κ2) is 6.73. The number of halogens is 1. The predicted octanol–water partition coefficient (Wildman–Crippen LogP) is 1.73. The van der Waals surface area contributed by atoms with Crippen LogP contribution in [0, 0.1) is 5.92 Å². The highest BCUT2D eigenvalue weighted by atomic mass is 19.1. The van der Waals surface area contributed by atoms with Crippen LogP contribution in [0.3, 0.4) is 0 Å². The van der Waals surface area contributed by atoms with E-state index in [0.29, 0.717) is 25.2 Å². The maximum atomic E-state index is 12.6. The van der Waals surface area contributed by atoms with E-state index in [9.17, 15) is 14.0 Å². The zero-order chi connectivity index (χ0) is 16.2. The molecule has 1 fully saturated rings. The summed E-state index contributed by atoms with van der Waals surface area (Å²) in [4.78, 5) is 30.2. The Morgan fingerprint density at radius 3 is 2.74 bits per heavy atom. The van der Waals surface area contributed by atoms with Crippen LogP contribution in [-0.2, 0) is 11.3 Å². The molecule has 1 aliphatic rings. The van der Waals surface area contributed by atoms with Crippen LogP contribution in [0.25, 0.3) is 11.3 Å². The van der Waals surface area contributed by atoms with E-state index in [2.05, 4.69) is 4.98 Å². The molecule has 23 heavy (non-hydrogen) atoms. The molecule has 6 heteroatoms. The zero-order valence-corrected chi connectivity index (χ0v) is 12.7. The van der Waals surface area contributed by atoms with Crippen molar-refractivity contribution in [3.63, 3.8) is 0 Å². The third-order valence-corrected chi connectivity index (χ3v) is 4.11. The van der Waals surface area contributed by atoms with Gasteiger partial charge in [0.2, 0.25) is 5.91 Å². The standard InChI is InChI=1S/C17H18FN3O2/c18-9-13-6-7-20(10-13)17(23)11-21-12-19-15(8-16(21)22)14-4-2-1-3-5-14/h1-5,8,12-13H,6-7,9-11H2. The van der Waals surface area contributed by atoms with Crippen LogP contribution in [0.15, 0.2) is 47.5 Å². The van der Waals surface area contributed by atoms with Gasteiger partial charge < -0.3 is 4.90 Å². The summed E-state index contributed by atoms with van der Waals surface area (Å²) in [5, 5.41) is 0. The van der Waals surface area contributed by atoms with Gasteiger partial charge in [0.15, 0.2) is 0 Å². The molecule has 0 spiro atoms. The van der Waals surface area contributed by atoms with Crippen molar-refractivity contribution in [2.45, 2.75) is 13.0 Å². The molecule has 5 nitrogen and oxygen atoms in total. The lowest BCUT2D eigenvalue weighted by Crippen LogP contribution is -2.35. The normalized spacial score (nSPS) is 17.4. The molecule has 1 unspecified atom stereocenters. The van der Waals surface area contributed by atoms with Gasteiger partial charge in [-0.25, -0.2) is 4.98 Å². The van der Waals surface area contributed by atoms with Gasteiger partial charge in [-0.05, 0) is 6.42 Å². The summed E-state index contributed by atoms with van der Waals surface area (Å²) in [6.45, 7) is 0.522. The fourth-order valence-corrected chi connectivity index (χ4v) is 2.74. The van der Waals surface area contributed by atoms with Crippen molar-refractivity contribution in [3.8, 4) is 11.3 Å². The first-order chi connectivity index (χ1) is 11.2. The van der Waals surface area contributed by atoms with Crippen LogP contribution in [0.2, 0.25) is 0 Å². The van der Waals surface area contributed by atoms with Gasteiger partial charge in [0.1, 0.15) is 6.54 Å². The van der Waals surface area contributed by atoms with Crippen molar-refractivity contribution in [2.24, 2.45) is 5.92 Å². The van der Waals surface area contributed by atoms with Gasteiger partial charge in [-0.3, -0.25) is 18.5 Å². The topological polar surface area (TPSA) is 55.2 Å². The maximum Gasteiger partial charge on any atom is 0.254 e. The van der Waals surface area contributed by atoms with Crippen LogP contribution in [0.1, 0.15) is 6.42 Å². The molecule has 1 saturated heterocycles. The summed E-state index contributed by atoms with van der Waals surface area (Å²) >= 11 is 0. The number of alkyl halides is 1. The average molecular weight is 315 g/mol. The molecule has 0 N–H and O–H groups in total. The van der Waals surface area contributed by atoms with E-state index in [-0.39, 0.29) is 23.9 Å². The van der Waals surface area contributed by atoms with Gasteiger partial charge in [-0.15, -0.1) is 0 Å². The Bertz CT molecular complexity index is 745. The fraction of sp³-hybridized carbons (Fsp3) is 0.353. The molecule has 0 aliphatic carbocycles. The Morgan fingerprint density at radius 1 is 1.30 bits per heavy atom. The van der Waals surface area contributed by atoms with Crippen molar-refractivity contribution < 1.29 is 9.18 Å².